The SMILES string of the molecule is CCOC(CBr)(OCC)C1=C(C(=O)OCc2ccc([N+](=O)[O-])cc2)N2C(=O)[C@@H](NC(=O)OC(C)(C)C)[C@H]2CC1. The van der Waals surface area contributed by atoms with Gasteiger partial charge in [0.1, 0.15) is 23.9 Å². The topological polar surface area (TPSA) is 147 Å². The Balaban J connectivity index is 1.92. The zero-order valence-electron chi connectivity index (χ0n) is 22.7. The van der Waals surface area contributed by atoms with Gasteiger partial charge >= 0.3 is 12.1 Å². The molecule has 0 unspecified atom stereocenters. The van der Waals surface area contributed by atoms with E-state index in [0.717, 1.165) is 0 Å². The number of nitrogens with zero attached hydrogens (tertiary/aromatic N) is 2. The van der Waals surface area contributed by atoms with Gasteiger partial charge in [-0.1, -0.05) is 15.9 Å². The number of benzene rings is 1. The second kappa shape index (κ2) is 12.4. The number of carbonyl (C=O) groups excluding carboxylic acids is 3. The van der Waals surface area contributed by atoms with Gasteiger partial charge in [-0.05, 0) is 65.2 Å². The highest BCUT2D eigenvalue weighted by Gasteiger charge is 2.56. The Bertz CT molecular complexity index is 1120. The number of halogens is 1. The number of alkyl halides is 1. The average molecular weight is 612 g/mol. The largest absolute Gasteiger partial charge is 0.456 e. The second-order valence-corrected chi connectivity index (χ2v) is 10.6. The van der Waals surface area contributed by atoms with E-state index in [1.165, 1.54) is 29.2 Å². The number of ether oxygens (including phenoxy) is 4. The standard InChI is InChI=1S/C26H34BrN3O9/c1-6-37-26(15-27,38-7-2)18-12-13-19-20(28-24(33)39-25(3,4)5)22(31)29(19)21(18)23(32)36-14-16-8-10-17(11-9-16)30(34)35/h8-11,19-20H,6-7,12-15H2,1-5H3,(H,28,33)/t19-,20+/m1/s1. The third kappa shape index (κ3) is 6.76. The molecule has 2 aliphatic heterocycles. The molecule has 1 saturated heterocycles. The van der Waals surface area contributed by atoms with Crippen LogP contribution >= 0.6 is 15.9 Å². The van der Waals surface area contributed by atoms with Crippen molar-refractivity contribution >= 4 is 39.6 Å². The third-order valence-electron chi connectivity index (χ3n) is 6.21. The minimum atomic E-state index is -1.32. The molecule has 3 rings (SSSR count). The van der Waals surface area contributed by atoms with Crippen LogP contribution in [0.3, 0.4) is 0 Å². The Morgan fingerprint density at radius 2 is 1.77 bits per heavy atom. The van der Waals surface area contributed by atoms with E-state index >= 15 is 0 Å². The van der Waals surface area contributed by atoms with Crippen LogP contribution in [0.1, 0.15) is 53.0 Å². The van der Waals surface area contributed by atoms with Crippen LogP contribution in [-0.4, -0.2) is 69.8 Å². The van der Waals surface area contributed by atoms with Crippen molar-refractivity contribution in [2.75, 3.05) is 18.5 Å². The van der Waals surface area contributed by atoms with Crippen molar-refractivity contribution in [3.8, 4) is 0 Å². The molecule has 0 aliphatic carbocycles. The number of nitro benzene ring substituents is 1. The molecular formula is C26H34BrN3O9. The molecule has 2 amide bonds. The minimum Gasteiger partial charge on any atom is -0.456 e. The molecule has 0 saturated carbocycles. The summed E-state index contributed by atoms with van der Waals surface area (Å²) >= 11 is 3.45. The summed E-state index contributed by atoms with van der Waals surface area (Å²) < 4.78 is 22.9. The predicted octanol–water partition coefficient (Wildman–Crippen LogP) is 3.95. The smallest absolute Gasteiger partial charge is 0.408 e. The van der Waals surface area contributed by atoms with Gasteiger partial charge in [0, 0.05) is 30.9 Å². The quantitative estimate of drug-likeness (QED) is 0.0980. The number of fused-ring (bicyclic) bond motifs is 1. The summed E-state index contributed by atoms with van der Waals surface area (Å²) in [5.74, 6) is -2.58. The van der Waals surface area contributed by atoms with E-state index < -0.39 is 46.4 Å². The van der Waals surface area contributed by atoms with Gasteiger partial charge < -0.3 is 24.3 Å². The van der Waals surface area contributed by atoms with E-state index in [2.05, 4.69) is 21.2 Å². The lowest BCUT2D eigenvalue weighted by Gasteiger charge is -2.52. The van der Waals surface area contributed by atoms with Crippen LogP contribution in [0.25, 0.3) is 0 Å². The van der Waals surface area contributed by atoms with Crippen molar-refractivity contribution in [3.63, 3.8) is 0 Å². The van der Waals surface area contributed by atoms with Crippen molar-refractivity contribution in [2.45, 2.75) is 77.5 Å². The van der Waals surface area contributed by atoms with Gasteiger partial charge in [0.05, 0.1) is 16.3 Å². The summed E-state index contributed by atoms with van der Waals surface area (Å²) in [4.78, 5) is 51.0. The van der Waals surface area contributed by atoms with Crippen LogP contribution in [0.4, 0.5) is 10.5 Å². The predicted molar refractivity (Wildman–Crippen MR) is 143 cm³/mol. The number of esters is 1. The van der Waals surface area contributed by atoms with Crippen LogP contribution in [-0.2, 0) is 35.1 Å². The number of carbonyl (C=O) groups is 3. The molecular weight excluding hydrogens is 578 g/mol. The molecule has 0 aromatic heterocycles. The van der Waals surface area contributed by atoms with Gasteiger partial charge in [-0.2, -0.15) is 0 Å². The molecule has 12 nitrogen and oxygen atoms in total. The van der Waals surface area contributed by atoms with Gasteiger partial charge in [-0.15, -0.1) is 0 Å². The molecule has 2 atom stereocenters. The molecule has 2 heterocycles. The van der Waals surface area contributed by atoms with Crippen LogP contribution in [0.5, 0.6) is 0 Å². The number of hydrogen-bond acceptors (Lipinski definition) is 9. The maximum absolute atomic E-state index is 13.6. The first-order valence-corrected chi connectivity index (χ1v) is 13.8. The highest BCUT2D eigenvalue weighted by molar-refractivity contribution is 9.09. The molecule has 0 radical (unpaired) electrons. The zero-order chi connectivity index (χ0) is 29.0. The normalized spacial score (nSPS) is 19.2. The summed E-state index contributed by atoms with van der Waals surface area (Å²) in [6.45, 7) is 9.13. The minimum absolute atomic E-state index is 0.00162. The summed E-state index contributed by atoms with van der Waals surface area (Å²) in [7, 11) is 0. The summed E-state index contributed by atoms with van der Waals surface area (Å²) in [6.07, 6.45) is 0.0559. The molecule has 0 bridgehead atoms. The zero-order valence-corrected chi connectivity index (χ0v) is 24.2. The number of nitro groups is 1. The number of alkyl carbamates (subject to hydrolysis) is 1. The first-order valence-electron chi connectivity index (χ1n) is 12.7. The number of nitrogens with one attached hydrogen (secondary N) is 1. The maximum Gasteiger partial charge on any atom is 0.408 e. The molecule has 1 N–H and O–H groups in total. The Hall–Kier alpha value is -3.03. The van der Waals surface area contributed by atoms with Gasteiger partial charge in [0.2, 0.25) is 5.79 Å². The van der Waals surface area contributed by atoms with E-state index in [9.17, 15) is 24.5 Å². The lowest BCUT2D eigenvalue weighted by atomic mass is 9.81. The second-order valence-electron chi connectivity index (χ2n) is 10.0. The molecule has 2 aliphatic rings. The van der Waals surface area contributed by atoms with E-state index in [1.807, 2.05) is 0 Å². The van der Waals surface area contributed by atoms with Crippen LogP contribution in [0.2, 0.25) is 0 Å². The van der Waals surface area contributed by atoms with E-state index in [4.69, 9.17) is 18.9 Å². The Labute approximate surface area is 235 Å². The van der Waals surface area contributed by atoms with E-state index in [-0.39, 0.29) is 36.5 Å². The lowest BCUT2D eigenvalue weighted by molar-refractivity contribution is -0.384. The van der Waals surface area contributed by atoms with Gasteiger partial charge in [-0.25, -0.2) is 9.59 Å². The maximum atomic E-state index is 13.6. The van der Waals surface area contributed by atoms with Crippen molar-refractivity contribution in [2.24, 2.45) is 0 Å². The summed E-state index contributed by atoms with van der Waals surface area (Å²) in [5.41, 5.74) is 0.159. The Kier molecular flexibility index (Phi) is 9.73. The van der Waals surface area contributed by atoms with Crippen molar-refractivity contribution in [1.29, 1.82) is 0 Å². The molecule has 0 spiro atoms. The van der Waals surface area contributed by atoms with Crippen molar-refractivity contribution in [3.05, 3.63) is 51.2 Å². The van der Waals surface area contributed by atoms with Crippen LogP contribution in [0, 0.1) is 10.1 Å². The van der Waals surface area contributed by atoms with Crippen molar-refractivity contribution < 1.29 is 38.3 Å². The summed E-state index contributed by atoms with van der Waals surface area (Å²) in [6, 6.07) is 4.25. The lowest BCUT2D eigenvalue weighted by Crippen LogP contribution is -2.72. The first-order chi connectivity index (χ1) is 18.4. The molecule has 214 valence electrons. The van der Waals surface area contributed by atoms with Crippen LogP contribution < -0.4 is 5.32 Å². The first kappa shape index (κ1) is 30.5. The van der Waals surface area contributed by atoms with Gasteiger partial charge in [-0.3, -0.25) is 19.8 Å². The van der Waals surface area contributed by atoms with E-state index in [0.29, 0.717) is 24.0 Å². The highest BCUT2D eigenvalue weighted by atomic mass is 79.9. The fourth-order valence-corrected chi connectivity index (χ4v) is 5.29. The molecule has 1 aromatic carbocycles. The van der Waals surface area contributed by atoms with Gasteiger partial charge in [0.25, 0.3) is 11.6 Å². The number of amides is 2. The molecule has 1 fully saturated rings. The average Bonchev–Trinajstić information content (AvgIpc) is 2.88. The monoisotopic (exact) mass is 611 g/mol. The van der Waals surface area contributed by atoms with Crippen molar-refractivity contribution in [1.82, 2.24) is 10.2 Å². The Morgan fingerprint density at radius 3 is 2.28 bits per heavy atom. The third-order valence-corrected chi connectivity index (χ3v) is 6.95. The number of rotatable bonds is 11. The molecule has 39 heavy (non-hydrogen) atoms. The molecule has 1 aromatic rings. The summed E-state index contributed by atoms with van der Waals surface area (Å²) in [5, 5.41) is 13.7. The van der Waals surface area contributed by atoms with Crippen LogP contribution in [0.15, 0.2) is 35.5 Å². The van der Waals surface area contributed by atoms with Gasteiger partial charge in [0.15, 0.2) is 0 Å². The number of β-lactam (4-membered cyclic amide) rings is 1. The molecule has 13 heteroatoms. The Morgan fingerprint density at radius 1 is 1.15 bits per heavy atom. The fraction of sp³-hybridized carbons (Fsp3) is 0.577. The fourth-order valence-electron chi connectivity index (χ4n) is 4.63. The number of non-ortho nitro benzene ring substituents is 1. The number of hydrogen-bond donors (Lipinski definition) is 1. The highest BCUT2D eigenvalue weighted by Crippen LogP contribution is 2.43. The van der Waals surface area contributed by atoms with E-state index in [1.54, 1.807) is 34.6 Å².